The molecule has 15 heavy (non-hydrogen) atoms. The summed E-state index contributed by atoms with van der Waals surface area (Å²) in [4.78, 5) is 9.11. The number of carbonyl (C=O) groups is 1. The molecule has 0 radical (unpaired) electrons. The largest absolute Gasteiger partial charge is 3.00 e. The molecule has 102 valence electrons. The van der Waals surface area contributed by atoms with Gasteiger partial charge in [-0.05, 0) is 0 Å². The van der Waals surface area contributed by atoms with E-state index in [9.17, 15) is 0 Å². The normalized spacial score (nSPS) is 5.67. The zero-order valence-corrected chi connectivity index (χ0v) is 9.53. The minimum absolute atomic E-state index is 0. The second-order valence-corrected chi connectivity index (χ2v) is 1.82. The number of hydrogen-bond acceptors (Lipinski definition) is 4. The third-order valence-electron chi connectivity index (χ3n) is 0. The molecule has 0 amide bonds. The summed E-state index contributed by atoms with van der Waals surface area (Å²) in [7, 11) is -4.44. The number of rotatable bonds is 0. The van der Waals surface area contributed by atoms with E-state index in [-0.39, 0.29) is 47.5 Å². The number of nitrogens with two attached hydrogens (primary N) is 5. The molecular formula is C2H17ClCoN5O6. The van der Waals surface area contributed by atoms with Gasteiger partial charge in [-0.25, -0.2) is 0 Å². The summed E-state index contributed by atoms with van der Waals surface area (Å²) in [6, 6.07) is 0. The van der Waals surface area contributed by atoms with Crippen LogP contribution in [0.2, 0.25) is 0 Å². The summed E-state index contributed by atoms with van der Waals surface area (Å²) < 4.78 is 31.5. The molecule has 0 aromatic carbocycles. The molecule has 0 spiro atoms. The van der Waals surface area contributed by atoms with Gasteiger partial charge in [-0.1, -0.05) is 4.66 Å². The first kappa shape index (κ1) is 60.4. The molecule has 14 N–H and O–H groups in total. The minimum Gasteiger partial charge on any atom is -0.693 e. The molecule has 0 saturated heterocycles. The summed E-state index contributed by atoms with van der Waals surface area (Å²) in [5.74, 6) is -0.583. The van der Waals surface area contributed by atoms with Crippen LogP contribution in [0.4, 0.5) is 0 Å². The van der Waals surface area contributed by atoms with E-state index in [2.05, 4.69) is 0 Å². The van der Waals surface area contributed by atoms with Crippen LogP contribution >= 0.6 is 0 Å². The molecule has 0 heterocycles. The molecule has 11 nitrogen and oxygen atoms in total. The number of carbonyl (C=O) groups excluding carboxylic acids is 1. The average Bonchev–Trinajstić information content (AvgIpc) is 1.19. The van der Waals surface area contributed by atoms with Gasteiger partial charge in [0.25, 0.3) is 0 Å². The summed E-state index contributed by atoms with van der Waals surface area (Å²) in [6.45, 7) is 1.19. The molecule has 0 unspecified atom stereocenters. The van der Waals surface area contributed by atoms with E-state index in [4.69, 9.17) is 28.5 Å². The molecular weight excluding hydrogens is 284 g/mol. The Morgan fingerprint density at radius 2 is 1.00 bits per heavy atom. The van der Waals surface area contributed by atoms with E-state index in [0.29, 0.717) is 0 Å². The molecule has 0 aliphatic rings. The summed E-state index contributed by atoms with van der Waals surface area (Å²) in [6.07, 6.45) is 0. The van der Waals surface area contributed by atoms with E-state index in [1.165, 1.54) is 6.92 Å². The van der Waals surface area contributed by atoms with Crippen molar-refractivity contribution in [2.24, 2.45) is 0 Å². The number of hydrogen-bond donors (Lipinski definition) is 0. The minimum atomic E-state index is -4.44. The van der Waals surface area contributed by atoms with E-state index in [1.54, 1.807) is 0 Å². The molecule has 0 bridgehead atoms. The van der Waals surface area contributed by atoms with Gasteiger partial charge in [0.1, 0.15) is 10.2 Å². The Hall–Kier alpha value is -0.0935. The van der Waals surface area contributed by atoms with Gasteiger partial charge in [-0.15, -0.1) is 14.0 Å². The van der Waals surface area contributed by atoms with E-state index in [0.717, 1.165) is 0 Å². The maximum Gasteiger partial charge on any atom is 3.00 e. The Bertz CT molecular complexity index is 92.0. The van der Waals surface area contributed by atoms with Crippen molar-refractivity contribution < 1.29 is 55.6 Å². The zero-order chi connectivity index (χ0) is 8.08. The van der Waals surface area contributed by atoms with Gasteiger partial charge in [0.2, 0.25) is 0 Å². The third kappa shape index (κ3) is 225000. The Kier molecular flexibility index (Phi) is 118. The monoisotopic (exact) mass is 301 g/mol. The summed E-state index contributed by atoms with van der Waals surface area (Å²) in [5, 5.41) is 5.94. The van der Waals surface area contributed by atoms with Crippen LogP contribution in [-0.4, -0.2) is 15.7 Å². The first-order valence-corrected chi connectivity index (χ1v) is 2.91. The summed E-state index contributed by atoms with van der Waals surface area (Å²) >= 11 is 0. The van der Waals surface area contributed by atoms with Gasteiger partial charge in [-0.3, -0.25) is 0 Å². The van der Waals surface area contributed by atoms with Crippen LogP contribution in [-0.2, 0) is 21.6 Å². The van der Waals surface area contributed by atoms with Crippen molar-refractivity contribution in [3.05, 3.63) is 30.8 Å². The smallest absolute Gasteiger partial charge is 0.693 e. The van der Waals surface area contributed by atoms with Crippen molar-refractivity contribution in [2.45, 2.75) is 6.92 Å². The fraction of sp³-hybridized carbons (Fsp3) is 0.500. The van der Waals surface area contributed by atoms with Crippen molar-refractivity contribution in [3.63, 3.8) is 0 Å². The zero-order valence-electron chi connectivity index (χ0n) is 7.73. The van der Waals surface area contributed by atoms with Crippen molar-refractivity contribution in [1.29, 1.82) is 0 Å². The standard InChI is InChI=1S/C2H4O2.ClHO4.Co.5H2N/c1-2(3)4;2-1(3,4)5;;;;;;/h1H3,(H,3,4);(H,2,3,4,5);;5*1H2/q;;+3;5*-1. The van der Waals surface area contributed by atoms with Crippen LogP contribution in [0, 0.1) is 10.2 Å². The van der Waals surface area contributed by atoms with Gasteiger partial charge >= 0.3 is 22.7 Å². The van der Waals surface area contributed by atoms with Crippen molar-refractivity contribution in [1.82, 2.24) is 0 Å². The average molecular weight is 302 g/mol. The maximum absolute atomic E-state index is 9.11. The van der Waals surface area contributed by atoms with E-state index in [1.807, 2.05) is 0 Å². The second-order valence-electron chi connectivity index (χ2n) is 0.977. The quantitative estimate of drug-likeness (QED) is 0.479. The van der Waals surface area contributed by atoms with Crippen LogP contribution in [0.5, 0.6) is 0 Å². The van der Waals surface area contributed by atoms with Gasteiger partial charge in [0.15, 0.2) is 0 Å². The molecule has 0 aromatic heterocycles. The Morgan fingerprint density at radius 3 is 1.00 bits per heavy atom. The Morgan fingerprint density at radius 1 is 1.00 bits per heavy atom. The molecule has 0 saturated carbocycles. The summed E-state index contributed by atoms with van der Waals surface area (Å²) in [5.41, 5.74) is 0. The number of halogens is 1. The van der Waals surface area contributed by atoms with Gasteiger partial charge in [0.05, 0.1) is 6.92 Å². The van der Waals surface area contributed by atoms with Crippen molar-refractivity contribution in [3.8, 4) is 0 Å². The first-order chi connectivity index (χ1) is 3.73. The maximum atomic E-state index is 9.11. The predicted molar refractivity (Wildman–Crippen MR) is 44.3 cm³/mol. The Balaban J connectivity index is -0.00000000785. The van der Waals surface area contributed by atoms with Crippen molar-refractivity contribution >= 4 is 5.97 Å². The van der Waals surface area contributed by atoms with Crippen molar-refractivity contribution in [2.75, 3.05) is 0 Å². The van der Waals surface area contributed by atoms with Crippen LogP contribution in [0.3, 0.4) is 0 Å². The van der Waals surface area contributed by atoms with E-state index < -0.39 is 16.2 Å². The fourth-order valence-electron chi connectivity index (χ4n) is 0. The molecule has 0 fully saturated rings. The van der Waals surface area contributed by atoms with Crippen LogP contribution < -0.4 is 14.0 Å². The predicted octanol–water partition coefficient (Wildman–Crippen LogP) is -1.55. The third-order valence-corrected chi connectivity index (χ3v) is 0. The van der Waals surface area contributed by atoms with Crippen LogP contribution in [0.1, 0.15) is 6.92 Å². The van der Waals surface area contributed by atoms with Crippen LogP contribution in [0.15, 0.2) is 0 Å². The molecule has 0 rings (SSSR count). The van der Waals surface area contributed by atoms with E-state index >= 15 is 0 Å². The van der Waals surface area contributed by atoms with Gasteiger partial charge in [-0.2, -0.15) is 0 Å². The SMILES string of the molecule is CC(=O)[OH2+].[Co+3].[NH2-].[NH2-].[NH2-].[NH2-].[NH2-].[O-][Cl+3]([O-])([O-])[OH2+]. The topological polar surface area (TPSA) is 300 Å². The Labute approximate surface area is 99.7 Å². The second kappa shape index (κ2) is 29.2. The first-order valence-electron chi connectivity index (χ1n) is 1.61. The molecule has 0 aliphatic carbocycles. The molecule has 0 aliphatic heterocycles. The molecule has 13 heteroatoms. The van der Waals surface area contributed by atoms with Crippen LogP contribution in [0.25, 0.3) is 30.8 Å². The molecule has 0 atom stereocenters. The van der Waals surface area contributed by atoms with Gasteiger partial charge < -0.3 is 35.9 Å². The molecule has 0 aromatic rings. The van der Waals surface area contributed by atoms with Gasteiger partial charge in [0, 0.05) is 4.79 Å². The fourth-order valence-corrected chi connectivity index (χ4v) is 0.